The van der Waals surface area contributed by atoms with Crippen LogP contribution in [0.1, 0.15) is 6.92 Å². The van der Waals surface area contributed by atoms with E-state index in [1.165, 1.54) is 31.2 Å². The Morgan fingerprint density at radius 3 is 2.35 bits per heavy atom. The Morgan fingerprint density at radius 2 is 1.80 bits per heavy atom. The Hall–Kier alpha value is -2.34. The number of carbonyl (C=O) groups is 1. The van der Waals surface area contributed by atoms with Gasteiger partial charge in [-0.25, -0.2) is 8.42 Å². The van der Waals surface area contributed by atoms with Crippen molar-refractivity contribution in [3.05, 3.63) is 54.6 Å². The van der Waals surface area contributed by atoms with E-state index in [-0.39, 0.29) is 10.8 Å². The van der Waals surface area contributed by atoms with Crippen molar-refractivity contribution >= 4 is 27.3 Å². The number of para-hydroxylation sites is 1. The van der Waals surface area contributed by atoms with Crippen LogP contribution in [0.3, 0.4) is 0 Å². The van der Waals surface area contributed by atoms with Crippen LogP contribution in [0.4, 0.5) is 11.4 Å². The molecule has 0 unspecified atom stereocenters. The molecule has 0 heterocycles. The first-order valence-electron chi connectivity index (χ1n) is 5.84. The van der Waals surface area contributed by atoms with Crippen LogP contribution < -0.4 is 10.0 Å². The Balaban J connectivity index is 2.19. The molecule has 0 atom stereocenters. The second-order valence-electron chi connectivity index (χ2n) is 4.09. The summed E-state index contributed by atoms with van der Waals surface area (Å²) in [5.74, 6) is -0.211. The molecule has 2 aromatic rings. The second-order valence-corrected chi connectivity index (χ2v) is 5.77. The molecule has 6 heteroatoms. The van der Waals surface area contributed by atoms with E-state index in [1.807, 2.05) is 0 Å². The van der Waals surface area contributed by atoms with E-state index in [2.05, 4.69) is 16.1 Å². The fourth-order valence-electron chi connectivity index (χ4n) is 1.58. The van der Waals surface area contributed by atoms with E-state index in [1.54, 1.807) is 24.3 Å². The highest BCUT2D eigenvalue weighted by molar-refractivity contribution is 7.92. The first-order chi connectivity index (χ1) is 9.47. The summed E-state index contributed by atoms with van der Waals surface area (Å²) in [4.78, 5) is 11.0. The van der Waals surface area contributed by atoms with Gasteiger partial charge in [0.25, 0.3) is 10.0 Å². The predicted molar refractivity (Wildman–Crippen MR) is 76.8 cm³/mol. The van der Waals surface area contributed by atoms with Crippen molar-refractivity contribution in [1.29, 1.82) is 0 Å². The number of amides is 1. The fourth-order valence-corrected chi connectivity index (χ4v) is 2.61. The van der Waals surface area contributed by atoms with Crippen LogP contribution in [0.15, 0.2) is 53.4 Å². The van der Waals surface area contributed by atoms with Crippen molar-refractivity contribution in [2.24, 2.45) is 0 Å². The van der Waals surface area contributed by atoms with Gasteiger partial charge in [0, 0.05) is 18.7 Å². The Labute approximate surface area is 117 Å². The van der Waals surface area contributed by atoms with Gasteiger partial charge < -0.3 is 5.32 Å². The number of nitrogens with one attached hydrogen (secondary N) is 2. The number of rotatable bonds is 4. The zero-order valence-electron chi connectivity index (χ0n) is 10.8. The number of carbonyl (C=O) groups excluding carboxylic acids is 1. The maximum atomic E-state index is 12.1. The summed E-state index contributed by atoms with van der Waals surface area (Å²) in [6.07, 6.45) is 0. The molecule has 1 radical (unpaired) electrons. The first-order valence-corrected chi connectivity index (χ1v) is 7.33. The van der Waals surface area contributed by atoms with Crippen molar-refractivity contribution < 1.29 is 13.2 Å². The molecular weight excluding hydrogens is 276 g/mol. The third-order valence-corrected chi connectivity index (χ3v) is 3.82. The lowest BCUT2D eigenvalue weighted by atomic mass is 10.3. The third kappa shape index (κ3) is 3.58. The zero-order valence-corrected chi connectivity index (χ0v) is 11.6. The van der Waals surface area contributed by atoms with Crippen molar-refractivity contribution in [2.45, 2.75) is 11.8 Å². The van der Waals surface area contributed by atoms with Gasteiger partial charge in [0.2, 0.25) is 5.91 Å². The summed E-state index contributed by atoms with van der Waals surface area (Å²) in [6, 6.07) is 15.4. The summed E-state index contributed by atoms with van der Waals surface area (Å²) >= 11 is 0. The largest absolute Gasteiger partial charge is 0.326 e. The van der Waals surface area contributed by atoms with Crippen LogP contribution in [0, 0.1) is 6.07 Å². The second kappa shape index (κ2) is 5.75. The predicted octanol–water partition coefficient (Wildman–Crippen LogP) is 2.25. The number of anilines is 2. The quantitative estimate of drug-likeness (QED) is 0.906. The normalized spacial score (nSPS) is 10.8. The molecule has 2 aromatic carbocycles. The van der Waals surface area contributed by atoms with Gasteiger partial charge in [0.15, 0.2) is 0 Å². The smallest absolute Gasteiger partial charge is 0.261 e. The fraction of sp³-hybridized carbons (Fsp3) is 0.0714. The van der Waals surface area contributed by atoms with Gasteiger partial charge in [0.1, 0.15) is 0 Å². The third-order valence-electron chi connectivity index (χ3n) is 2.44. The van der Waals surface area contributed by atoms with Gasteiger partial charge in [-0.15, -0.1) is 0 Å². The van der Waals surface area contributed by atoms with Crippen LogP contribution in [0.25, 0.3) is 0 Å². The maximum absolute atomic E-state index is 12.1. The lowest BCUT2D eigenvalue weighted by molar-refractivity contribution is -0.114. The molecule has 0 aliphatic carbocycles. The average molecular weight is 289 g/mol. The SMILES string of the molecule is CC(=O)Nc1ccc(S(=O)(=O)Nc2[c]cccc2)cc1. The van der Waals surface area contributed by atoms with Gasteiger partial charge in [0.05, 0.1) is 10.6 Å². The Morgan fingerprint density at radius 1 is 1.10 bits per heavy atom. The molecule has 103 valence electrons. The highest BCUT2D eigenvalue weighted by Crippen LogP contribution is 2.17. The highest BCUT2D eigenvalue weighted by atomic mass is 32.2. The number of hydrogen-bond donors (Lipinski definition) is 2. The monoisotopic (exact) mass is 289 g/mol. The molecule has 2 rings (SSSR count). The summed E-state index contributed by atoms with van der Waals surface area (Å²) < 4.78 is 26.7. The van der Waals surface area contributed by atoms with E-state index in [4.69, 9.17) is 0 Å². The standard InChI is InChI=1S/C14H13N2O3S/c1-11(17)15-12-7-9-14(10-8-12)20(18,19)16-13-5-3-2-4-6-13/h2-5,7-10,16H,1H3,(H,15,17). The molecule has 0 spiro atoms. The molecule has 20 heavy (non-hydrogen) atoms. The van der Waals surface area contributed by atoms with Crippen LogP contribution in [-0.4, -0.2) is 14.3 Å². The molecule has 0 saturated heterocycles. The molecular formula is C14H13N2O3S. The van der Waals surface area contributed by atoms with E-state index < -0.39 is 10.0 Å². The molecule has 1 amide bonds. The minimum atomic E-state index is -3.65. The minimum Gasteiger partial charge on any atom is -0.326 e. The molecule has 0 fully saturated rings. The summed E-state index contributed by atoms with van der Waals surface area (Å²) in [6.45, 7) is 1.39. The molecule has 2 N–H and O–H groups in total. The van der Waals surface area contributed by atoms with E-state index in [0.29, 0.717) is 11.4 Å². The summed E-state index contributed by atoms with van der Waals surface area (Å²) in [7, 11) is -3.65. The van der Waals surface area contributed by atoms with Crippen molar-refractivity contribution in [3.8, 4) is 0 Å². The molecule has 0 aromatic heterocycles. The molecule has 0 aliphatic heterocycles. The average Bonchev–Trinajstić information content (AvgIpc) is 2.39. The number of benzene rings is 2. The lowest BCUT2D eigenvalue weighted by Gasteiger charge is -2.08. The summed E-state index contributed by atoms with van der Waals surface area (Å²) in [5, 5.41) is 2.57. The van der Waals surface area contributed by atoms with Gasteiger partial charge >= 0.3 is 0 Å². The van der Waals surface area contributed by atoms with E-state index >= 15 is 0 Å². The van der Waals surface area contributed by atoms with Crippen molar-refractivity contribution in [1.82, 2.24) is 0 Å². The summed E-state index contributed by atoms with van der Waals surface area (Å²) in [5.41, 5.74) is 0.918. The number of sulfonamides is 1. The molecule has 0 bridgehead atoms. The topological polar surface area (TPSA) is 75.3 Å². The zero-order chi connectivity index (χ0) is 14.6. The maximum Gasteiger partial charge on any atom is 0.261 e. The highest BCUT2D eigenvalue weighted by Gasteiger charge is 2.13. The molecule has 5 nitrogen and oxygen atoms in total. The van der Waals surface area contributed by atoms with Gasteiger partial charge in [-0.3, -0.25) is 9.52 Å². The van der Waals surface area contributed by atoms with Crippen LogP contribution in [0.5, 0.6) is 0 Å². The van der Waals surface area contributed by atoms with E-state index in [9.17, 15) is 13.2 Å². The van der Waals surface area contributed by atoms with Gasteiger partial charge in [-0.2, -0.15) is 0 Å². The number of hydrogen-bond acceptors (Lipinski definition) is 3. The van der Waals surface area contributed by atoms with Crippen molar-refractivity contribution in [2.75, 3.05) is 10.0 Å². The first kappa shape index (κ1) is 14.1. The van der Waals surface area contributed by atoms with E-state index in [0.717, 1.165) is 0 Å². The minimum absolute atomic E-state index is 0.115. The van der Waals surface area contributed by atoms with Crippen LogP contribution in [-0.2, 0) is 14.8 Å². The Bertz CT molecular complexity index is 695. The van der Waals surface area contributed by atoms with Crippen LogP contribution in [0.2, 0.25) is 0 Å². The molecule has 0 aliphatic rings. The van der Waals surface area contributed by atoms with Gasteiger partial charge in [-0.05, 0) is 30.3 Å². The lowest BCUT2D eigenvalue weighted by Crippen LogP contribution is -2.13. The van der Waals surface area contributed by atoms with Crippen molar-refractivity contribution in [3.63, 3.8) is 0 Å². The molecule has 0 saturated carbocycles. The Kier molecular flexibility index (Phi) is 4.05. The van der Waals surface area contributed by atoms with Gasteiger partial charge in [-0.1, -0.05) is 18.2 Å². The van der Waals surface area contributed by atoms with Crippen LogP contribution >= 0.6 is 0 Å².